The number of phosphoric acid groups is 2. The highest BCUT2D eigenvalue weighted by Crippen LogP contribution is 2.45. The maximum atomic E-state index is 12.8. The lowest BCUT2D eigenvalue weighted by molar-refractivity contribution is -0.161. The van der Waals surface area contributed by atoms with Crippen molar-refractivity contribution in [1.29, 1.82) is 0 Å². The number of phosphoric ester groups is 2. The predicted molar refractivity (Wildman–Crippen MR) is 362 cm³/mol. The van der Waals surface area contributed by atoms with E-state index in [0.29, 0.717) is 19.3 Å². The molecule has 0 aliphatic rings. The van der Waals surface area contributed by atoms with Crippen LogP contribution in [0.5, 0.6) is 0 Å². The first-order valence-electron chi connectivity index (χ1n) is 35.2. The Kier molecular flexibility index (Phi) is 62.9. The molecule has 5 atom stereocenters. The van der Waals surface area contributed by atoms with Gasteiger partial charge in [0.25, 0.3) is 0 Å². The maximum absolute atomic E-state index is 12.8. The van der Waals surface area contributed by atoms with Gasteiger partial charge in [0.15, 0.2) is 6.10 Å². The Balaban J connectivity index is 4.31. The van der Waals surface area contributed by atoms with Crippen molar-refractivity contribution in [3.05, 3.63) is 72.9 Å². The highest BCUT2D eigenvalue weighted by Gasteiger charge is 2.29. The van der Waals surface area contributed by atoms with Crippen molar-refractivity contribution in [2.45, 2.75) is 322 Å². The van der Waals surface area contributed by atoms with E-state index in [-0.39, 0.29) is 19.3 Å². The minimum absolute atomic E-state index is 0.112. The summed E-state index contributed by atoms with van der Waals surface area (Å²) in [5, 5.41) is 20.5. The number of esters is 3. The molecule has 0 radical (unpaired) electrons. The van der Waals surface area contributed by atoms with Gasteiger partial charge in [-0.3, -0.25) is 32.5 Å². The van der Waals surface area contributed by atoms with Gasteiger partial charge in [-0.2, -0.15) is 0 Å². The molecule has 0 aromatic heterocycles. The van der Waals surface area contributed by atoms with Crippen molar-refractivity contribution in [3.8, 4) is 0 Å². The molecule has 0 rings (SSSR count). The summed E-state index contributed by atoms with van der Waals surface area (Å²) < 4.78 is 60.7. The van der Waals surface area contributed by atoms with Gasteiger partial charge in [-0.25, -0.2) is 9.13 Å². The average Bonchev–Trinajstić information content (AvgIpc) is 3.66. The van der Waals surface area contributed by atoms with E-state index in [9.17, 15) is 43.5 Å². The normalized spacial score (nSPS) is 14.6. The van der Waals surface area contributed by atoms with Crippen molar-refractivity contribution in [1.82, 2.24) is 0 Å². The fourth-order valence-electron chi connectivity index (χ4n) is 9.58. The number of carbonyl (C=O) groups is 3. The third-order valence-electron chi connectivity index (χ3n) is 14.9. The van der Waals surface area contributed by atoms with Crippen molar-refractivity contribution in [2.24, 2.45) is 0 Å². The predicted octanol–water partition coefficient (Wildman–Crippen LogP) is 19.5. The number of hydrogen-bond donors (Lipinski definition) is 4. The van der Waals surface area contributed by atoms with E-state index < -0.39 is 91.5 Å². The Morgan fingerprint density at radius 3 is 0.944 bits per heavy atom. The SMILES string of the molecule is CC/C=C\C/C=C\C/C=C\C/C=C\C/C=C\C/C=C\CCCCCCCCCCCCCCC(=O)OCC(O)COP(=O)(O)OCC(O)COP(=O)(O)OCC(COC(=O)CCCCCCCCCCCCC)OC(=O)CCCCCCCCCCCCC. The fourth-order valence-corrected chi connectivity index (χ4v) is 11.2. The molecule has 0 aliphatic heterocycles. The zero-order valence-corrected chi connectivity index (χ0v) is 57.9. The van der Waals surface area contributed by atoms with E-state index in [1.54, 1.807) is 0 Å². The standard InChI is InChI=1S/C71H128O16P2/c1-4-7-10-13-16-19-22-23-24-25-26-27-28-29-30-31-32-33-34-35-36-37-38-39-40-41-44-46-48-51-54-57-69(74)81-60-66(72)61-83-88(77,78)84-62-67(73)63-85-89(79,80)86-65-68(87-71(76)59-56-53-50-47-43-21-18-15-12-9-6-3)64-82-70(75)58-55-52-49-45-42-20-17-14-11-8-5-2/h7,10,16,19,23-24,26-27,29-30,32-33,66-68,72-73H,4-6,8-9,11-15,17-18,20-22,25,28,31,34-65H2,1-3H3,(H,77,78)(H,79,80)/b10-7-,19-16-,24-23-,27-26-,30-29-,33-32-. The molecule has 0 aromatic rings. The van der Waals surface area contributed by atoms with Crippen LogP contribution in [0.15, 0.2) is 72.9 Å². The van der Waals surface area contributed by atoms with Crippen LogP contribution in [0.1, 0.15) is 303 Å². The van der Waals surface area contributed by atoms with Crippen molar-refractivity contribution in [2.75, 3.05) is 39.6 Å². The lowest BCUT2D eigenvalue weighted by Crippen LogP contribution is -2.30. The first-order valence-corrected chi connectivity index (χ1v) is 38.2. The number of hydrogen-bond acceptors (Lipinski definition) is 14. The van der Waals surface area contributed by atoms with Crippen LogP contribution in [-0.4, -0.2) is 95.9 Å². The van der Waals surface area contributed by atoms with E-state index in [2.05, 4.69) is 93.7 Å². The number of unbranched alkanes of at least 4 members (excludes halogenated alkanes) is 32. The van der Waals surface area contributed by atoms with Crippen LogP contribution >= 0.6 is 15.6 Å². The van der Waals surface area contributed by atoms with Crippen molar-refractivity contribution in [3.63, 3.8) is 0 Å². The van der Waals surface area contributed by atoms with E-state index in [4.69, 9.17) is 32.3 Å². The molecular weight excluding hydrogens is 1170 g/mol. The number of ether oxygens (including phenoxy) is 3. The monoisotopic (exact) mass is 1300 g/mol. The largest absolute Gasteiger partial charge is 0.472 e. The van der Waals surface area contributed by atoms with E-state index in [1.165, 1.54) is 135 Å². The molecule has 0 saturated carbocycles. The average molecular weight is 1300 g/mol. The Morgan fingerprint density at radius 1 is 0.326 bits per heavy atom. The van der Waals surface area contributed by atoms with E-state index >= 15 is 0 Å². The summed E-state index contributed by atoms with van der Waals surface area (Å²) in [6.07, 6.45) is 68.4. The van der Waals surface area contributed by atoms with Crippen LogP contribution in [0.2, 0.25) is 0 Å². The van der Waals surface area contributed by atoms with Crippen LogP contribution in [0.25, 0.3) is 0 Å². The van der Waals surface area contributed by atoms with Gasteiger partial charge in [-0.15, -0.1) is 0 Å². The molecule has 5 unspecified atom stereocenters. The Morgan fingerprint density at radius 2 is 0.596 bits per heavy atom. The summed E-state index contributed by atoms with van der Waals surface area (Å²) in [6.45, 7) is 2.56. The van der Waals surface area contributed by atoms with E-state index in [0.717, 1.165) is 109 Å². The quantitative estimate of drug-likeness (QED) is 0.0146. The summed E-state index contributed by atoms with van der Waals surface area (Å²) in [5.41, 5.74) is 0. The molecule has 0 spiro atoms. The van der Waals surface area contributed by atoms with Gasteiger partial charge in [0.2, 0.25) is 0 Å². The highest BCUT2D eigenvalue weighted by atomic mass is 31.2. The fraction of sp³-hybridized carbons (Fsp3) is 0.789. The number of carbonyl (C=O) groups excluding carboxylic acids is 3. The Labute approximate surface area is 541 Å². The van der Waals surface area contributed by atoms with Crippen LogP contribution in [0.4, 0.5) is 0 Å². The number of aliphatic hydroxyl groups is 2. The second-order valence-corrected chi connectivity index (χ2v) is 26.6. The summed E-state index contributed by atoms with van der Waals surface area (Å²) in [7, 11) is -9.75. The zero-order chi connectivity index (χ0) is 65.3. The molecule has 0 amide bonds. The summed E-state index contributed by atoms with van der Waals surface area (Å²) in [5.74, 6) is -1.56. The van der Waals surface area contributed by atoms with Crippen molar-refractivity contribution < 1.29 is 75.8 Å². The van der Waals surface area contributed by atoms with Gasteiger partial charge >= 0.3 is 33.6 Å². The Hall–Kier alpha value is -3.01. The molecule has 0 aliphatic carbocycles. The first-order chi connectivity index (χ1) is 43.2. The molecule has 0 fully saturated rings. The second kappa shape index (κ2) is 65.1. The minimum Gasteiger partial charge on any atom is -0.463 e. The third-order valence-corrected chi connectivity index (χ3v) is 16.8. The maximum Gasteiger partial charge on any atom is 0.472 e. The van der Waals surface area contributed by atoms with E-state index in [1.807, 2.05) is 0 Å². The van der Waals surface area contributed by atoms with Crippen LogP contribution in [-0.2, 0) is 55.8 Å². The van der Waals surface area contributed by atoms with Gasteiger partial charge in [-0.05, 0) is 70.6 Å². The van der Waals surface area contributed by atoms with Crippen molar-refractivity contribution >= 4 is 33.6 Å². The lowest BCUT2D eigenvalue weighted by Gasteiger charge is -2.21. The molecule has 4 N–H and O–H groups in total. The summed E-state index contributed by atoms with van der Waals surface area (Å²) in [4.78, 5) is 58.2. The number of aliphatic hydroxyl groups excluding tert-OH is 2. The zero-order valence-electron chi connectivity index (χ0n) is 56.1. The second-order valence-electron chi connectivity index (χ2n) is 23.7. The number of allylic oxidation sites excluding steroid dienone is 12. The molecule has 16 nitrogen and oxygen atoms in total. The number of rotatable bonds is 67. The highest BCUT2D eigenvalue weighted by molar-refractivity contribution is 7.47. The van der Waals surface area contributed by atoms with Crippen LogP contribution in [0.3, 0.4) is 0 Å². The molecular formula is C71H128O16P2. The van der Waals surface area contributed by atoms with Gasteiger partial charge in [0.1, 0.15) is 25.4 Å². The molecule has 0 heterocycles. The van der Waals surface area contributed by atoms with Crippen LogP contribution in [0, 0.1) is 0 Å². The summed E-state index contributed by atoms with van der Waals surface area (Å²) in [6, 6.07) is 0. The molecule has 0 aromatic carbocycles. The molecule has 518 valence electrons. The topological polar surface area (TPSA) is 231 Å². The van der Waals surface area contributed by atoms with Crippen LogP contribution < -0.4 is 0 Å². The first kappa shape index (κ1) is 86.0. The third kappa shape index (κ3) is 66.3. The lowest BCUT2D eigenvalue weighted by atomic mass is 10.0. The van der Waals surface area contributed by atoms with Gasteiger partial charge < -0.3 is 34.2 Å². The van der Waals surface area contributed by atoms with Gasteiger partial charge in [0, 0.05) is 19.3 Å². The van der Waals surface area contributed by atoms with Gasteiger partial charge in [0.05, 0.1) is 26.4 Å². The smallest absolute Gasteiger partial charge is 0.463 e. The molecule has 18 heteroatoms. The minimum atomic E-state index is -4.91. The molecule has 0 bridgehead atoms. The molecule has 0 saturated heterocycles. The Bertz CT molecular complexity index is 1920. The summed E-state index contributed by atoms with van der Waals surface area (Å²) >= 11 is 0. The molecule has 89 heavy (non-hydrogen) atoms. The van der Waals surface area contributed by atoms with Gasteiger partial charge in [-0.1, -0.05) is 286 Å².